The summed E-state index contributed by atoms with van der Waals surface area (Å²) in [6.45, 7) is 8.72. The number of hydrogen-bond acceptors (Lipinski definition) is 4. The normalized spacial score (nSPS) is 12.7. The molecule has 0 amide bonds. The molecule has 1 rings (SSSR count). The van der Waals surface area contributed by atoms with Gasteiger partial charge in [0.05, 0.1) is 16.8 Å². The molecule has 0 radical (unpaired) electrons. The van der Waals surface area contributed by atoms with Gasteiger partial charge in [0.15, 0.2) is 0 Å². The SMILES string of the molecule is COC(C)CNc1ccc(Cl)c(CNCC(C)C)n1. The van der Waals surface area contributed by atoms with Crippen LogP contribution in [0.5, 0.6) is 0 Å². The van der Waals surface area contributed by atoms with Gasteiger partial charge in [-0.3, -0.25) is 0 Å². The van der Waals surface area contributed by atoms with Crippen molar-refractivity contribution in [1.29, 1.82) is 0 Å². The van der Waals surface area contributed by atoms with E-state index in [9.17, 15) is 0 Å². The maximum absolute atomic E-state index is 6.15. The minimum absolute atomic E-state index is 0.153. The number of ether oxygens (including phenoxy) is 1. The van der Waals surface area contributed by atoms with E-state index in [0.29, 0.717) is 17.5 Å². The molecule has 0 spiro atoms. The van der Waals surface area contributed by atoms with E-state index in [4.69, 9.17) is 16.3 Å². The molecule has 1 unspecified atom stereocenters. The van der Waals surface area contributed by atoms with E-state index in [1.165, 1.54) is 0 Å². The lowest BCUT2D eigenvalue weighted by Gasteiger charge is -2.13. The lowest BCUT2D eigenvalue weighted by Crippen LogP contribution is -2.21. The maximum Gasteiger partial charge on any atom is 0.126 e. The van der Waals surface area contributed by atoms with Crippen molar-refractivity contribution in [1.82, 2.24) is 10.3 Å². The molecule has 1 aromatic rings. The highest BCUT2D eigenvalue weighted by molar-refractivity contribution is 6.31. The third-order valence-electron chi connectivity index (χ3n) is 2.74. The Morgan fingerprint density at radius 2 is 2.00 bits per heavy atom. The summed E-state index contributed by atoms with van der Waals surface area (Å²) < 4.78 is 5.19. The summed E-state index contributed by atoms with van der Waals surface area (Å²) in [5.74, 6) is 1.44. The van der Waals surface area contributed by atoms with E-state index in [1.54, 1.807) is 7.11 Å². The van der Waals surface area contributed by atoms with Crippen molar-refractivity contribution in [2.24, 2.45) is 5.92 Å². The number of hydrogen-bond donors (Lipinski definition) is 2. The smallest absolute Gasteiger partial charge is 0.126 e. The van der Waals surface area contributed by atoms with E-state index in [0.717, 1.165) is 24.6 Å². The molecule has 0 aliphatic heterocycles. The number of aromatic nitrogens is 1. The van der Waals surface area contributed by atoms with Crippen LogP contribution in [0.2, 0.25) is 5.02 Å². The Bertz CT molecular complexity index is 385. The van der Waals surface area contributed by atoms with Crippen LogP contribution >= 0.6 is 11.6 Å². The van der Waals surface area contributed by atoms with Crippen molar-refractivity contribution in [3.63, 3.8) is 0 Å². The Morgan fingerprint density at radius 1 is 1.26 bits per heavy atom. The van der Waals surface area contributed by atoms with Gasteiger partial charge in [-0.05, 0) is 31.5 Å². The minimum atomic E-state index is 0.153. The monoisotopic (exact) mass is 285 g/mol. The Hall–Kier alpha value is -0.840. The Kier molecular flexibility index (Phi) is 7.13. The van der Waals surface area contributed by atoms with Crippen LogP contribution in [0.15, 0.2) is 12.1 Å². The molecule has 2 N–H and O–H groups in total. The summed E-state index contributed by atoms with van der Waals surface area (Å²) in [5.41, 5.74) is 0.873. The van der Waals surface area contributed by atoms with Gasteiger partial charge in [-0.15, -0.1) is 0 Å². The molecular formula is C14H24ClN3O. The largest absolute Gasteiger partial charge is 0.380 e. The van der Waals surface area contributed by atoms with Crippen LogP contribution < -0.4 is 10.6 Å². The predicted molar refractivity (Wildman–Crippen MR) is 80.8 cm³/mol. The summed E-state index contributed by atoms with van der Waals surface area (Å²) in [6.07, 6.45) is 0.153. The standard InChI is InChI=1S/C14H24ClN3O/c1-10(2)7-16-9-13-12(15)5-6-14(18-13)17-8-11(3)19-4/h5-6,10-11,16H,7-9H2,1-4H3,(H,17,18). The molecule has 108 valence electrons. The van der Waals surface area contributed by atoms with Crippen molar-refractivity contribution in [2.45, 2.75) is 33.4 Å². The molecule has 5 heteroatoms. The molecule has 1 atom stereocenters. The van der Waals surface area contributed by atoms with Gasteiger partial charge in [0.2, 0.25) is 0 Å². The molecule has 0 saturated carbocycles. The van der Waals surface area contributed by atoms with Gasteiger partial charge in [0, 0.05) is 20.2 Å². The number of pyridine rings is 1. The average molecular weight is 286 g/mol. The molecule has 19 heavy (non-hydrogen) atoms. The number of methoxy groups -OCH3 is 1. The molecule has 4 nitrogen and oxygen atoms in total. The lowest BCUT2D eigenvalue weighted by molar-refractivity contribution is 0.128. The van der Waals surface area contributed by atoms with Gasteiger partial charge in [-0.2, -0.15) is 0 Å². The van der Waals surface area contributed by atoms with Crippen LogP contribution in [0.1, 0.15) is 26.5 Å². The zero-order chi connectivity index (χ0) is 14.3. The topological polar surface area (TPSA) is 46.2 Å². The van der Waals surface area contributed by atoms with Crippen LogP contribution in [0.25, 0.3) is 0 Å². The van der Waals surface area contributed by atoms with Crippen molar-refractivity contribution in [3.05, 3.63) is 22.8 Å². The van der Waals surface area contributed by atoms with Crippen LogP contribution in [0.3, 0.4) is 0 Å². The van der Waals surface area contributed by atoms with Crippen molar-refractivity contribution in [3.8, 4) is 0 Å². The zero-order valence-electron chi connectivity index (χ0n) is 12.2. The molecule has 1 aromatic heterocycles. The molecule has 0 aliphatic carbocycles. The predicted octanol–water partition coefficient (Wildman–Crippen LogP) is 2.93. The average Bonchev–Trinajstić information content (AvgIpc) is 2.38. The van der Waals surface area contributed by atoms with E-state index >= 15 is 0 Å². The molecule has 1 heterocycles. The highest BCUT2D eigenvalue weighted by Crippen LogP contribution is 2.16. The van der Waals surface area contributed by atoms with Gasteiger partial charge in [0.1, 0.15) is 5.82 Å². The van der Waals surface area contributed by atoms with E-state index in [-0.39, 0.29) is 6.10 Å². The fraction of sp³-hybridized carbons (Fsp3) is 0.643. The van der Waals surface area contributed by atoms with Crippen LogP contribution in [-0.2, 0) is 11.3 Å². The van der Waals surface area contributed by atoms with Crippen molar-refractivity contribution in [2.75, 3.05) is 25.5 Å². The summed E-state index contributed by atoms with van der Waals surface area (Å²) >= 11 is 6.15. The van der Waals surface area contributed by atoms with Crippen LogP contribution in [-0.4, -0.2) is 31.3 Å². The first-order valence-corrected chi connectivity index (χ1v) is 7.03. The third-order valence-corrected chi connectivity index (χ3v) is 3.08. The molecule has 0 bridgehead atoms. The molecule has 0 aliphatic rings. The minimum Gasteiger partial charge on any atom is -0.380 e. The Balaban J connectivity index is 2.55. The van der Waals surface area contributed by atoms with Gasteiger partial charge >= 0.3 is 0 Å². The second-order valence-electron chi connectivity index (χ2n) is 5.08. The molecule has 0 aromatic carbocycles. The number of halogens is 1. The molecular weight excluding hydrogens is 262 g/mol. The van der Waals surface area contributed by atoms with Gasteiger partial charge in [-0.1, -0.05) is 25.4 Å². The Morgan fingerprint density at radius 3 is 2.63 bits per heavy atom. The molecule has 0 fully saturated rings. The number of rotatable bonds is 8. The fourth-order valence-corrected chi connectivity index (χ4v) is 1.69. The second kappa shape index (κ2) is 8.35. The van der Waals surface area contributed by atoms with Gasteiger partial charge in [-0.25, -0.2) is 4.98 Å². The first-order valence-electron chi connectivity index (χ1n) is 6.65. The maximum atomic E-state index is 6.15. The first-order chi connectivity index (χ1) is 9.02. The van der Waals surface area contributed by atoms with Crippen LogP contribution in [0, 0.1) is 5.92 Å². The van der Waals surface area contributed by atoms with Crippen molar-refractivity contribution >= 4 is 17.4 Å². The zero-order valence-corrected chi connectivity index (χ0v) is 12.9. The Labute approximate surface area is 120 Å². The summed E-state index contributed by atoms with van der Waals surface area (Å²) in [7, 11) is 1.70. The lowest BCUT2D eigenvalue weighted by atomic mass is 10.2. The van der Waals surface area contributed by atoms with Crippen LogP contribution in [0.4, 0.5) is 5.82 Å². The van der Waals surface area contributed by atoms with E-state index in [1.807, 2.05) is 19.1 Å². The fourth-order valence-electron chi connectivity index (χ4n) is 1.52. The van der Waals surface area contributed by atoms with E-state index < -0.39 is 0 Å². The van der Waals surface area contributed by atoms with Crippen molar-refractivity contribution < 1.29 is 4.74 Å². The van der Waals surface area contributed by atoms with Gasteiger partial charge in [0.25, 0.3) is 0 Å². The third kappa shape index (κ3) is 6.23. The summed E-state index contributed by atoms with van der Waals surface area (Å²) in [6, 6.07) is 3.76. The second-order valence-corrected chi connectivity index (χ2v) is 5.48. The van der Waals surface area contributed by atoms with E-state index in [2.05, 4.69) is 29.5 Å². The number of anilines is 1. The molecule has 0 saturated heterocycles. The number of nitrogens with one attached hydrogen (secondary N) is 2. The number of nitrogens with zero attached hydrogens (tertiary/aromatic N) is 1. The summed E-state index contributed by atoms with van der Waals surface area (Å²) in [4.78, 5) is 4.51. The highest BCUT2D eigenvalue weighted by Gasteiger charge is 2.05. The van der Waals surface area contributed by atoms with Gasteiger partial charge < -0.3 is 15.4 Å². The quantitative estimate of drug-likeness (QED) is 0.771. The highest BCUT2D eigenvalue weighted by atomic mass is 35.5. The first kappa shape index (κ1) is 16.2. The summed E-state index contributed by atoms with van der Waals surface area (Å²) in [5, 5.41) is 7.28.